The lowest BCUT2D eigenvalue weighted by Gasteiger charge is -2.10. The number of alkyl halides is 1. The van der Waals surface area contributed by atoms with Crippen molar-refractivity contribution in [2.45, 2.75) is 13.3 Å². The first kappa shape index (κ1) is 15.3. The minimum Gasteiger partial charge on any atom is -0.490 e. The predicted molar refractivity (Wildman–Crippen MR) is 69.9 cm³/mol. The molecule has 0 aromatic heterocycles. The summed E-state index contributed by atoms with van der Waals surface area (Å²) in [5.41, 5.74) is 0.334. The lowest BCUT2D eigenvalue weighted by Crippen LogP contribution is -2.06. The van der Waals surface area contributed by atoms with Crippen LogP contribution in [0.15, 0.2) is 18.2 Å². The molecule has 1 aromatic carbocycles. The zero-order chi connectivity index (χ0) is 14.1. The summed E-state index contributed by atoms with van der Waals surface area (Å²) in [5.74, 6) is 0.560. The second-order valence-electron chi connectivity index (χ2n) is 3.49. The first-order valence-corrected chi connectivity index (χ1v) is 6.36. The molecule has 0 heterocycles. The maximum absolute atomic E-state index is 11.6. The van der Waals surface area contributed by atoms with Crippen molar-refractivity contribution in [2.24, 2.45) is 0 Å². The fraction of sp³-hybridized carbons (Fsp3) is 0.385. The molecule has 0 fully saturated rings. The molecule has 0 N–H and O–H groups in total. The highest BCUT2D eigenvalue weighted by molar-refractivity contribution is 6.17. The zero-order valence-electron chi connectivity index (χ0n) is 10.6. The standard InChI is InChI=1S/C13H15ClO5/c1-2-17-13(16)10-4-5-11(19-9-15)12(8-10)18-7-3-6-14/h4-5,8-9H,2-3,6-7H2,1H3. The third-order valence-electron chi connectivity index (χ3n) is 2.17. The Bertz CT molecular complexity index is 433. The van der Waals surface area contributed by atoms with Gasteiger partial charge in [0.15, 0.2) is 11.5 Å². The Labute approximate surface area is 116 Å². The highest BCUT2D eigenvalue weighted by Gasteiger charge is 2.12. The molecule has 0 unspecified atom stereocenters. The number of carbonyl (C=O) groups is 2. The molecule has 19 heavy (non-hydrogen) atoms. The van der Waals surface area contributed by atoms with Gasteiger partial charge in [0.1, 0.15) is 0 Å². The van der Waals surface area contributed by atoms with Crippen LogP contribution in [0.2, 0.25) is 0 Å². The molecule has 0 radical (unpaired) electrons. The molecule has 0 saturated heterocycles. The second kappa shape index (κ2) is 8.37. The lowest BCUT2D eigenvalue weighted by atomic mass is 10.2. The maximum atomic E-state index is 11.6. The normalized spacial score (nSPS) is 9.79. The summed E-state index contributed by atoms with van der Waals surface area (Å²) in [5, 5.41) is 0. The molecule has 0 spiro atoms. The van der Waals surface area contributed by atoms with Crippen LogP contribution < -0.4 is 9.47 Å². The van der Waals surface area contributed by atoms with Gasteiger partial charge >= 0.3 is 5.97 Å². The quantitative estimate of drug-likeness (QED) is 0.318. The predicted octanol–water partition coefficient (Wildman–Crippen LogP) is 2.41. The smallest absolute Gasteiger partial charge is 0.338 e. The number of carbonyl (C=O) groups excluding carboxylic acids is 2. The number of rotatable bonds is 8. The van der Waals surface area contributed by atoms with Gasteiger partial charge in [-0.15, -0.1) is 11.6 Å². The summed E-state index contributed by atoms with van der Waals surface area (Å²) < 4.78 is 15.1. The average Bonchev–Trinajstić information content (AvgIpc) is 2.41. The number of hydrogen-bond donors (Lipinski definition) is 0. The van der Waals surface area contributed by atoms with E-state index in [9.17, 15) is 9.59 Å². The number of hydrogen-bond acceptors (Lipinski definition) is 5. The molecule has 0 atom stereocenters. The van der Waals surface area contributed by atoms with Gasteiger partial charge in [-0.1, -0.05) is 0 Å². The van der Waals surface area contributed by atoms with Crippen molar-refractivity contribution in [3.05, 3.63) is 23.8 Å². The van der Waals surface area contributed by atoms with E-state index in [4.69, 9.17) is 25.8 Å². The van der Waals surface area contributed by atoms with Crippen LogP contribution >= 0.6 is 11.6 Å². The van der Waals surface area contributed by atoms with Crippen molar-refractivity contribution in [1.82, 2.24) is 0 Å². The Balaban J connectivity index is 2.89. The van der Waals surface area contributed by atoms with Crippen LogP contribution in [-0.2, 0) is 9.53 Å². The summed E-state index contributed by atoms with van der Waals surface area (Å²) in [6.45, 7) is 2.67. The molecule has 5 nitrogen and oxygen atoms in total. The van der Waals surface area contributed by atoms with E-state index in [1.807, 2.05) is 0 Å². The van der Waals surface area contributed by atoms with Gasteiger partial charge in [-0.2, -0.15) is 0 Å². The molecule has 1 rings (SSSR count). The van der Waals surface area contributed by atoms with Crippen LogP contribution in [0, 0.1) is 0 Å². The van der Waals surface area contributed by atoms with Crippen molar-refractivity contribution in [3.8, 4) is 11.5 Å². The minimum atomic E-state index is -0.456. The number of ether oxygens (including phenoxy) is 3. The van der Waals surface area contributed by atoms with Crippen LogP contribution in [0.3, 0.4) is 0 Å². The van der Waals surface area contributed by atoms with Crippen molar-refractivity contribution < 1.29 is 23.8 Å². The third kappa shape index (κ3) is 4.79. The minimum absolute atomic E-state index is 0.248. The summed E-state index contributed by atoms with van der Waals surface area (Å²) in [6.07, 6.45) is 0.645. The molecular formula is C13H15ClO5. The first-order chi connectivity index (χ1) is 9.22. The van der Waals surface area contributed by atoms with Crippen LogP contribution in [0.5, 0.6) is 11.5 Å². The topological polar surface area (TPSA) is 61.8 Å². The monoisotopic (exact) mass is 286 g/mol. The molecular weight excluding hydrogens is 272 g/mol. The molecule has 0 aliphatic carbocycles. The van der Waals surface area contributed by atoms with E-state index in [1.165, 1.54) is 18.2 Å². The Morgan fingerprint density at radius 3 is 2.79 bits per heavy atom. The number of benzene rings is 1. The van der Waals surface area contributed by atoms with Crippen LogP contribution in [-0.4, -0.2) is 31.5 Å². The van der Waals surface area contributed by atoms with Gasteiger partial charge < -0.3 is 14.2 Å². The number of esters is 1. The van der Waals surface area contributed by atoms with Crippen LogP contribution in [0.4, 0.5) is 0 Å². The maximum Gasteiger partial charge on any atom is 0.338 e. The Morgan fingerprint density at radius 2 is 2.16 bits per heavy atom. The Hall–Kier alpha value is -1.75. The van der Waals surface area contributed by atoms with Gasteiger partial charge in [0, 0.05) is 5.88 Å². The molecule has 104 valence electrons. The van der Waals surface area contributed by atoms with Crippen LogP contribution in [0.25, 0.3) is 0 Å². The first-order valence-electron chi connectivity index (χ1n) is 5.83. The fourth-order valence-corrected chi connectivity index (χ4v) is 1.46. The van der Waals surface area contributed by atoms with Gasteiger partial charge in [0.2, 0.25) is 0 Å². The molecule has 0 saturated carbocycles. The molecule has 0 amide bonds. The van der Waals surface area contributed by atoms with E-state index in [2.05, 4.69) is 0 Å². The van der Waals surface area contributed by atoms with Gasteiger partial charge in [-0.05, 0) is 31.5 Å². The van der Waals surface area contributed by atoms with Crippen molar-refractivity contribution in [2.75, 3.05) is 19.1 Å². The summed E-state index contributed by atoms with van der Waals surface area (Å²) in [6, 6.07) is 4.47. The molecule has 0 aliphatic heterocycles. The lowest BCUT2D eigenvalue weighted by molar-refractivity contribution is -0.120. The van der Waals surface area contributed by atoms with E-state index < -0.39 is 5.97 Å². The van der Waals surface area contributed by atoms with E-state index in [-0.39, 0.29) is 12.4 Å². The van der Waals surface area contributed by atoms with E-state index in [1.54, 1.807) is 6.92 Å². The molecule has 6 heteroatoms. The van der Waals surface area contributed by atoms with Gasteiger partial charge in [-0.25, -0.2) is 4.79 Å². The van der Waals surface area contributed by atoms with E-state index in [0.29, 0.717) is 36.7 Å². The van der Waals surface area contributed by atoms with Gasteiger partial charge in [0.05, 0.1) is 18.8 Å². The zero-order valence-corrected chi connectivity index (χ0v) is 11.3. The van der Waals surface area contributed by atoms with E-state index >= 15 is 0 Å². The fourth-order valence-electron chi connectivity index (χ4n) is 1.35. The third-order valence-corrected chi connectivity index (χ3v) is 2.43. The second-order valence-corrected chi connectivity index (χ2v) is 3.87. The number of halogens is 1. The Morgan fingerprint density at radius 1 is 1.37 bits per heavy atom. The highest BCUT2D eigenvalue weighted by Crippen LogP contribution is 2.28. The largest absolute Gasteiger partial charge is 0.490 e. The van der Waals surface area contributed by atoms with Crippen molar-refractivity contribution in [1.29, 1.82) is 0 Å². The molecule has 1 aromatic rings. The van der Waals surface area contributed by atoms with Gasteiger partial charge in [-0.3, -0.25) is 4.79 Å². The SMILES string of the molecule is CCOC(=O)c1ccc(OC=O)c(OCCCCl)c1. The molecule has 0 bridgehead atoms. The summed E-state index contributed by atoms with van der Waals surface area (Å²) in [7, 11) is 0. The van der Waals surface area contributed by atoms with Crippen molar-refractivity contribution >= 4 is 24.0 Å². The summed E-state index contributed by atoms with van der Waals surface area (Å²) in [4.78, 5) is 22.0. The van der Waals surface area contributed by atoms with E-state index in [0.717, 1.165) is 0 Å². The van der Waals surface area contributed by atoms with Gasteiger partial charge in [0.25, 0.3) is 6.47 Å². The summed E-state index contributed by atoms with van der Waals surface area (Å²) >= 11 is 5.55. The van der Waals surface area contributed by atoms with Crippen LogP contribution in [0.1, 0.15) is 23.7 Å². The molecule has 0 aliphatic rings. The highest BCUT2D eigenvalue weighted by atomic mass is 35.5. The van der Waals surface area contributed by atoms with Crippen molar-refractivity contribution in [3.63, 3.8) is 0 Å². The Kier molecular flexibility index (Phi) is 6.74. The average molecular weight is 287 g/mol.